The number of imidazole rings is 1. The highest BCUT2D eigenvalue weighted by molar-refractivity contribution is 5.99. The molecule has 0 saturated heterocycles. The van der Waals surface area contributed by atoms with E-state index in [4.69, 9.17) is 0 Å². The fourth-order valence-corrected chi connectivity index (χ4v) is 4.79. The SMILES string of the molecule is Cc1cc(C(C)Nc2ccc(F)cc2-c2cnn(C)c2)c2c(c1)c(=O)n(C)c1c(C(=O)N(C)C)ncn21.[HH]. The van der Waals surface area contributed by atoms with E-state index in [0.717, 1.165) is 22.4 Å². The number of nitrogens with one attached hydrogen (secondary N) is 1. The Kier molecular flexibility index (Phi) is 5.82. The van der Waals surface area contributed by atoms with Crippen LogP contribution in [-0.4, -0.2) is 48.6 Å². The van der Waals surface area contributed by atoms with Crippen molar-refractivity contribution in [2.75, 3.05) is 19.4 Å². The molecule has 0 saturated carbocycles. The molecule has 3 heterocycles. The molecule has 192 valence electrons. The molecule has 37 heavy (non-hydrogen) atoms. The zero-order valence-electron chi connectivity index (χ0n) is 21.6. The van der Waals surface area contributed by atoms with Crippen LogP contribution < -0.4 is 10.9 Å². The minimum atomic E-state index is -0.347. The Bertz CT molecular complexity index is 1750. The molecule has 5 rings (SSSR count). The van der Waals surface area contributed by atoms with Crippen molar-refractivity contribution >= 4 is 28.1 Å². The summed E-state index contributed by atoms with van der Waals surface area (Å²) in [5.74, 6) is -0.635. The van der Waals surface area contributed by atoms with Crippen molar-refractivity contribution in [2.24, 2.45) is 14.1 Å². The molecule has 1 N–H and O–H groups in total. The van der Waals surface area contributed by atoms with Crippen molar-refractivity contribution < 1.29 is 10.6 Å². The quantitative estimate of drug-likeness (QED) is 0.389. The second-order valence-electron chi connectivity index (χ2n) is 9.56. The molecule has 9 nitrogen and oxygen atoms in total. The number of halogens is 1. The third-order valence-corrected chi connectivity index (χ3v) is 6.56. The number of aromatic nitrogens is 5. The highest BCUT2D eigenvalue weighted by Crippen LogP contribution is 2.33. The number of carbonyl (C=O) groups is 1. The first-order valence-electron chi connectivity index (χ1n) is 11.8. The molecule has 5 aromatic rings. The van der Waals surface area contributed by atoms with Gasteiger partial charge in [0.05, 0.1) is 23.1 Å². The van der Waals surface area contributed by atoms with Crippen molar-refractivity contribution in [2.45, 2.75) is 19.9 Å². The Balaban J connectivity index is 0.00000336. The van der Waals surface area contributed by atoms with Gasteiger partial charge in [0.2, 0.25) is 0 Å². The van der Waals surface area contributed by atoms with Crippen LogP contribution in [0.5, 0.6) is 0 Å². The van der Waals surface area contributed by atoms with Gasteiger partial charge in [-0.15, -0.1) is 0 Å². The number of nitrogens with zero attached hydrogens (tertiary/aromatic N) is 6. The van der Waals surface area contributed by atoms with Crippen LogP contribution >= 0.6 is 0 Å². The molecule has 2 aromatic carbocycles. The molecule has 1 unspecified atom stereocenters. The highest BCUT2D eigenvalue weighted by atomic mass is 19.1. The molecular weight excluding hydrogens is 473 g/mol. The van der Waals surface area contributed by atoms with E-state index in [0.29, 0.717) is 22.1 Å². The predicted molar refractivity (Wildman–Crippen MR) is 143 cm³/mol. The maximum atomic E-state index is 14.2. The fraction of sp³-hybridized carbons (Fsp3) is 0.259. The molecule has 10 heteroatoms. The van der Waals surface area contributed by atoms with Crippen LogP contribution in [0.3, 0.4) is 0 Å². The summed E-state index contributed by atoms with van der Waals surface area (Å²) < 4.78 is 19.1. The van der Waals surface area contributed by atoms with E-state index in [2.05, 4.69) is 15.4 Å². The predicted octanol–water partition coefficient (Wildman–Crippen LogP) is 4.16. The van der Waals surface area contributed by atoms with Crippen LogP contribution in [0.15, 0.2) is 53.8 Å². The molecule has 1 atom stereocenters. The molecule has 0 bridgehead atoms. The lowest BCUT2D eigenvalue weighted by Crippen LogP contribution is -2.26. The maximum absolute atomic E-state index is 14.2. The number of rotatable bonds is 5. The lowest BCUT2D eigenvalue weighted by molar-refractivity contribution is 0.0824. The van der Waals surface area contributed by atoms with Gasteiger partial charge in [0.15, 0.2) is 11.3 Å². The van der Waals surface area contributed by atoms with Gasteiger partial charge in [0, 0.05) is 52.6 Å². The smallest absolute Gasteiger partial charge is 0.275 e. The van der Waals surface area contributed by atoms with E-state index in [1.54, 1.807) is 48.8 Å². The fourth-order valence-electron chi connectivity index (χ4n) is 4.79. The molecule has 0 fully saturated rings. The third kappa shape index (κ3) is 4.04. The number of anilines is 1. The highest BCUT2D eigenvalue weighted by Gasteiger charge is 2.23. The van der Waals surface area contributed by atoms with Gasteiger partial charge < -0.3 is 10.2 Å². The van der Waals surface area contributed by atoms with Gasteiger partial charge in [-0.1, -0.05) is 6.07 Å². The Morgan fingerprint density at radius 3 is 2.62 bits per heavy atom. The molecule has 3 aromatic heterocycles. The van der Waals surface area contributed by atoms with E-state index in [1.807, 2.05) is 39.2 Å². The number of aryl methyl sites for hydroxylation is 3. The van der Waals surface area contributed by atoms with Gasteiger partial charge in [0.1, 0.15) is 12.1 Å². The summed E-state index contributed by atoms with van der Waals surface area (Å²) in [5, 5.41) is 8.25. The third-order valence-electron chi connectivity index (χ3n) is 6.56. The molecule has 0 aliphatic carbocycles. The van der Waals surface area contributed by atoms with Crippen molar-refractivity contribution in [3.8, 4) is 11.1 Å². The van der Waals surface area contributed by atoms with E-state index < -0.39 is 0 Å². The number of hydrogen-bond acceptors (Lipinski definition) is 5. The number of amides is 1. The normalized spacial score (nSPS) is 12.3. The summed E-state index contributed by atoms with van der Waals surface area (Å²) in [6, 6.07) is 8.16. The minimum Gasteiger partial charge on any atom is -0.378 e. The van der Waals surface area contributed by atoms with Gasteiger partial charge in [-0.05, 0) is 49.2 Å². The number of fused-ring (bicyclic) bond motifs is 3. The minimum absolute atomic E-state index is 0. The lowest BCUT2D eigenvalue weighted by Gasteiger charge is -2.21. The lowest BCUT2D eigenvalue weighted by atomic mass is 9.99. The zero-order chi connectivity index (χ0) is 26.6. The summed E-state index contributed by atoms with van der Waals surface area (Å²) >= 11 is 0. The monoisotopic (exact) mass is 503 g/mol. The summed E-state index contributed by atoms with van der Waals surface area (Å²) in [5.41, 5.74) is 5.03. The zero-order valence-corrected chi connectivity index (χ0v) is 21.6. The second kappa shape index (κ2) is 8.88. The van der Waals surface area contributed by atoms with Gasteiger partial charge in [-0.2, -0.15) is 5.10 Å². The Morgan fingerprint density at radius 1 is 1.19 bits per heavy atom. The maximum Gasteiger partial charge on any atom is 0.275 e. The van der Waals surface area contributed by atoms with E-state index in [-0.39, 0.29) is 30.4 Å². The van der Waals surface area contributed by atoms with Crippen LogP contribution in [0.2, 0.25) is 0 Å². The molecule has 0 aliphatic heterocycles. The summed E-state index contributed by atoms with van der Waals surface area (Å²) in [4.78, 5) is 32.1. The molecule has 0 aliphatic rings. The van der Waals surface area contributed by atoms with Crippen LogP contribution in [0, 0.1) is 12.7 Å². The molecule has 0 radical (unpaired) electrons. The van der Waals surface area contributed by atoms with E-state index in [1.165, 1.54) is 21.6 Å². The van der Waals surface area contributed by atoms with Crippen molar-refractivity contribution in [3.63, 3.8) is 0 Å². The first-order valence-corrected chi connectivity index (χ1v) is 11.8. The van der Waals surface area contributed by atoms with Gasteiger partial charge >= 0.3 is 0 Å². The van der Waals surface area contributed by atoms with E-state index in [9.17, 15) is 14.0 Å². The van der Waals surface area contributed by atoms with Crippen LogP contribution in [0.1, 0.15) is 36.0 Å². The average molecular weight is 504 g/mol. The Labute approximate surface area is 214 Å². The van der Waals surface area contributed by atoms with Crippen LogP contribution in [0.25, 0.3) is 27.7 Å². The molecule has 0 spiro atoms. The summed E-state index contributed by atoms with van der Waals surface area (Å²) in [6.07, 6.45) is 5.10. The summed E-state index contributed by atoms with van der Waals surface area (Å²) in [7, 11) is 6.75. The topological polar surface area (TPSA) is 89.5 Å². The van der Waals surface area contributed by atoms with Crippen molar-refractivity contribution in [1.29, 1.82) is 0 Å². The first-order chi connectivity index (χ1) is 17.6. The number of benzene rings is 2. The Morgan fingerprint density at radius 2 is 1.95 bits per heavy atom. The van der Waals surface area contributed by atoms with Gasteiger partial charge in [0.25, 0.3) is 11.5 Å². The standard InChI is InChI=1S/C27H28FN7O2.H2/c1-15-9-19(16(2)31-22-8-7-18(28)11-20(22)17-12-30-33(5)13-17)24-21(10-15)26(36)34(6)25-23(27(37)32(3)4)29-14-35(24)25;/h7-14,16,31H,1-6H3;1H. The van der Waals surface area contributed by atoms with Crippen LogP contribution in [-0.2, 0) is 14.1 Å². The van der Waals surface area contributed by atoms with Gasteiger partial charge in [-0.25, -0.2) is 9.37 Å². The molecule has 1 amide bonds. The summed E-state index contributed by atoms with van der Waals surface area (Å²) in [6.45, 7) is 3.92. The number of hydrogen-bond donors (Lipinski definition) is 1. The average Bonchev–Trinajstić information content (AvgIpc) is 3.49. The Hall–Kier alpha value is -4.47. The molecular formula is C27H30FN7O2. The van der Waals surface area contributed by atoms with Gasteiger partial charge in [-0.3, -0.25) is 23.2 Å². The van der Waals surface area contributed by atoms with E-state index >= 15 is 0 Å². The largest absolute Gasteiger partial charge is 0.378 e. The second-order valence-corrected chi connectivity index (χ2v) is 9.56. The van der Waals surface area contributed by atoms with Crippen molar-refractivity contribution in [3.05, 3.63) is 82.0 Å². The number of carbonyl (C=O) groups excluding carboxylic acids is 1. The first kappa shape index (κ1) is 24.2. The van der Waals surface area contributed by atoms with Crippen LogP contribution in [0.4, 0.5) is 10.1 Å². The van der Waals surface area contributed by atoms with Crippen molar-refractivity contribution in [1.82, 2.24) is 28.6 Å².